The zero-order valence-corrected chi connectivity index (χ0v) is 11.8. The van der Waals surface area contributed by atoms with E-state index in [9.17, 15) is 4.79 Å². The SMILES string of the molecule is NCCOc1cccc(NC(=O)c2cccn2C2CC2)c1. The van der Waals surface area contributed by atoms with Gasteiger partial charge < -0.3 is 20.4 Å². The second-order valence-corrected chi connectivity index (χ2v) is 5.15. The Morgan fingerprint density at radius 2 is 2.19 bits per heavy atom. The van der Waals surface area contributed by atoms with Crippen LogP contribution < -0.4 is 15.8 Å². The van der Waals surface area contributed by atoms with Crippen molar-refractivity contribution in [2.24, 2.45) is 5.73 Å². The van der Waals surface area contributed by atoms with Gasteiger partial charge in [-0.05, 0) is 37.1 Å². The van der Waals surface area contributed by atoms with E-state index in [0.717, 1.165) is 18.5 Å². The standard InChI is InChI=1S/C16H19N3O2/c17-8-10-21-14-4-1-3-12(11-14)18-16(20)15-5-2-9-19(15)13-6-7-13/h1-5,9,11,13H,6-8,10,17H2,(H,18,20). The monoisotopic (exact) mass is 285 g/mol. The van der Waals surface area contributed by atoms with E-state index in [1.54, 1.807) is 6.07 Å². The average molecular weight is 285 g/mol. The molecule has 0 radical (unpaired) electrons. The Morgan fingerprint density at radius 1 is 1.33 bits per heavy atom. The summed E-state index contributed by atoms with van der Waals surface area (Å²) >= 11 is 0. The first-order valence-corrected chi connectivity index (χ1v) is 7.19. The van der Waals surface area contributed by atoms with Crippen LogP contribution in [0.2, 0.25) is 0 Å². The van der Waals surface area contributed by atoms with Crippen LogP contribution in [0.25, 0.3) is 0 Å². The number of carbonyl (C=O) groups is 1. The zero-order chi connectivity index (χ0) is 14.7. The highest BCUT2D eigenvalue weighted by Gasteiger charge is 2.26. The molecular formula is C16H19N3O2. The van der Waals surface area contributed by atoms with Crippen molar-refractivity contribution in [3.8, 4) is 5.75 Å². The van der Waals surface area contributed by atoms with E-state index < -0.39 is 0 Å². The van der Waals surface area contributed by atoms with Crippen LogP contribution in [-0.2, 0) is 0 Å². The van der Waals surface area contributed by atoms with Crippen molar-refractivity contribution < 1.29 is 9.53 Å². The first-order chi connectivity index (χ1) is 10.3. The minimum atomic E-state index is -0.0946. The van der Waals surface area contributed by atoms with Crippen LogP contribution in [0.4, 0.5) is 5.69 Å². The van der Waals surface area contributed by atoms with E-state index >= 15 is 0 Å². The molecule has 5 nitrogen and oxygen atoms in total. The summed E-state index contributed by atoms with van der Waals surface area (Å²) < 4.78 is 7.50. The zero-order valence-electron chi connectivity index (χ0n) is 11.8. The lowest BCUT2D eigenvalue weighted by molar-refractivity contribution is 0.101. The highest BCUT2D eigenvalue weighted by molar-refractivity contribution is 6.03. The fraction of sp³-hybridized carbons (Fsp3) is 0.312. The second-order valence-electron chi connectivity index (χ2n) is 5.15. The second kappa shape index (κ2) is 6.01. The van der Waals surface area contributed by atoms with E-state index in [4.69, 9.17) is 10.5 Å². The van der Waals surface area contributed by atoms with Gasteiger partial charge in [0.1, 0.15) is 18.1 Å². The van der Waals surface area contributed by atoms with Gasteiger partial charge in [0.05, 0.1) is 0 Å². The Morgan fingerprint density at radius 3 is 2.95 bits per heavy atom. The number of aromatic nitrogens is 1. The molecule has 2 aromatic rings. The van der Waals surface area contributed by atoms with Gasteiger partial charge in [-0.25, -0.2) is 0 Å². The number of anilines is 1. The lowest BCUT2D eigenvalue weighted by Gasteiger charge is -2.10. The molecule has 1 aromatic heterocycles. The third-order valence-corrected chi connectivity index (χ3v) is 3.43. The van der Waals surface area contributed by atoms with Gasteiger partial charge in [-0.2, -0.15) is 0 Å². The molecule has 0 bridgehead atoms. The number of benzene rings is 1. The first-order valence-electron chi connectivity index (χ1n) is 7.19. The third kappa shape index (κ3) is 3.25. The molecular weight excluding hydrogens is 266 g/mol. The predicted octanol–water partition coefficient (Wildman–Crippen LogP) is 2.41. The lowest BCUT2D eigenvalue weighted by Crippen LogP contribution is -2.16. The molecule has 0 unspecified atom stereocenters. The highest BCUT2D eigenvalue weighted by atomic mass is 16.5. The van der Waals surface area contributed by atoms with Gasteiger partial charge in [0.25, 0.3) is 5.91 Å². The summed E-state index contributed by atoms with van der Waals surface area (Å²) in [5.74, 6) is 0.610. The summed E-state index contributed by atoms with van der Waals surface area (Å²) in [4.78, 5) is 12.4. The van der Waals surface area contributed by atoms with Crippen LogP contribution in [0.1, 0.15) is 29.4 Å². The molecule has 0 aliphatic heterocycles. The third-order valence-electron chi connectivity index (χ3n) is 3.43. The van der Waals surface area contributed by atoms with Crippen molar-refractivity contribution in [1.29, 1.82) is 0 Å². The van der Waals surface area contributed by atoms with Crippen molar-refractivity contribution in [2.45, 2.75) is 18.9 Å². The van der Waals surface area contributed by atoms with E-state index in [1.807, 2.05) is 41.1 Å². The van der Waals surface area contributed by atoms with Crippen molar-refractivity contribution in [1.82, 2.24) is 4.57 Å². The number of nitrogens with one attached hydrogen (secondary N) is 1. The quantitative estimate of drug-likeness (QED) is 0.856. The summed E-state index contributed by atoms with van der Waals surface area (Å²) in [5, 5.41) is 2.91. The summed E-state index contributed by atoms with van der Waals surface area (Å²) in [6.07, 6.45) is 4.27. The van der Waals surface area contributed by atoms with Gasteiger partial charge in [-0.15, -0.1) is 0 Å². The smallest absolute Gasteiger partial charge is 0.272 e. The Bertz CT molecular complexity index is 632. The van der Waals surface area contributed by atoms with Crippen LogP contribution in [0.15, 0.2) is 42.6 Å². The number of carbonyl (C=O) groups excluding carboxylic acids is 1. The fourth-order valence-corrected chi connectivity index (χ4v) is 2.29. The van der Waals surface area contributed by atoms with E-state index in [-0.39, 0.29) is 5.91 Å². The molecule has 5 heteroatoms. The van der Waals surface area contributed by atoms with Gasteiger partial charge in [0.2, 0.25) is 0 Å². The molecule has 3 N–H and O–H groups in total. The highest BCUT2D eigenvalue weighted by Crippen LogP contribution is 2.36. The maximum Gasteiger partial charge on any atom is 0.272 e. The fourth-order valence-electron chi connectivity index (χ4n) is 2.29. The number of nitrogens with two attached hydrogens (primary N) is 1. The van der Waals surface area contributed by atoms with Gasteiger partial charge in [-0.1, -0.05) is 6.07 Å². The van der Waals surface area contributed by atoms with E-state index in [1.165, 1.54) is 0 Å². The number of amides is 1. The number of hydrogen-bond donors (Lipinski definition) is 2. The molecule has 1 amide bonds. The van der Waals surface area contributed by atoms with Gasteiger partial charge in [0, 0.05) is 30.5 Å². The molecule has 0 spiro atoms. The maximum atomic E-state index is 12.4. The van der Waals surface area contributed by atoms with E-state index in [0.29, 0.717) is 30.6 Å². The molecule has 1 aliphatic carbocycles. The van der Waals surface area contributed by atoms with Crippen LogP contribution in [0, 0.1) is 0 Å². The molecule has 1 heterocycles. The van der Waals surface area contributed by atoms with Crippen molar-refractivity contribution in [2.75, 3.05) is 18.5 Å². The van der Waals surface area contributed by atoms with Crippen LogP contribution in [0.3, 0.4) is 0 Å². The van der Waals surface area contributed by atoms with Crippen LogP contribution in [-0.4, -0.2) is 23.6 Å². The number of rotatable bonds is 6. The molecule has 21 heavy (non-hydrogen) atoms. The molecule has 1 fully saturated rings. The topological polar surface area (TPSA) is 69.3 Å². The summed E-state index contributed by atoms with van der Waals surface area (Å²) in [6, 6.07) is 11.6. The Hall–Kier alpha value is -2.27. The largest absolute Gasteiger partial charge is 0.492 e. The molecule has 110 valence electrons. The molecule has 1 aromatic carbocycles. The Labute approximate surface area is 123 Å². The lowest BCUT2D eigenvalue weighted by atomic mass is 10.3. The minimum absolute atomic E-state index is 0.0946. The number of nitrogens with zero attached hydrogens (tertiary/aromatic N) is 1. The average Bonchev–Trinajstić information content (AvgIpc) is 3.22. The van der Waals surface area contributed by atoms with E-state index in [2.05, 4.69) is 5.32 Å². The first kappa shape index (κ1) is 13.7. The molecule has 1 saturated carbocycles. The maximum absolute atomic E-state index is 12.4. The summed E-state index contributed by atoms with van der Waals surface area (Å²) in [5.41, 5.74) is 6.83. The molecule has 0 atom stereocenters. The van der Waals surface area contributed by atoms with Crippen molar-refractivity contribution in [3.63, 3.8) is 0 Å². The van der Waals surface area contributed by atoms with Crippen molar-refractivity contribution >= 4 is 11.6 Å². The predicted molar refractivity (Wildman–Crippen MR) is 81.6 cm³/mol. The number of ether oxygens (including phenoxy) is 1. The van der Waals surface area contributed by atoms with Gasteiger partial charge in [0.15, 0.2) is 0 Å². The minimum Gasteiger partial charge on any atom is -0.492 e. The Balaban J connectivity index is 1.70. The molecule has 3 rings (SSSR count). The number of hydrogen-bond acceptors (Lipinski definition) is 3. The van der Waals surface area contributed by atoms with Crippen molar-refractivity contribution in [3.05, 3.63) is 48.3 Å². The van der Waals surface area contributed by atoms with Crippen LogP contribution >= 0.6 is 0 Å². The summed E-state index contributed by atoms with van der Waals surface area (Å²) in [7, 11) is 0. The normalized spacial score (nSPS) is 14.0. The summed E-state index contributed by atoms with van der Waals surface area (Å²) in [6.45, 7) is 0.924. The van der Waals surface area contributed by atoms with Gasteiger partial charge in [-0.3, -0.25) is 4.79 Å². The van der Waals surface area contributed by atoms with Gasteiger partial charge >= 0.3 is 0 Å². The molecule has 1 aliphatic rings. The Kier molecular flexibility index (Phi) is 3.92. The van der Waals surface area contributed by atoms with Crippen LogP contribution in [0.5, 0.6) is 5.75 Å². The molecule has 0 saturated heterocycles.